The average molecular weight is 256 g/mol. The highest BCUT2D eigenvalue weighted by molar-refractivity contribution is 7.89. The highest BCUT2D eigenvalue weighted by Crippen LogP contribution is 2.35. The molecular formula is C11H16N2O3S. The fraction of sp³-hybridized carbons (Fsp3) is 0.545. The Labute approximate surface area is 101 Å². The fourth-order valence-corrected chi connectivity index (χ4v) is 3.72. The van der Waals surface area contributed by atoms with Crippen LogP contribution in [0.5, 0.6) is 5.88 Å². The first kappa shape index (κ1) is 12.3. The van der Waals surface area contributed by atoms with Crippen LogP contribution in [0.15, 0.2) is 12.3 Å². The van der Waals surface area contributed by atoms with E-state index >= 15 is 0 Å². The van der Waals surface area contributed by atoms with Crippen molar-refractivity contribution in [2.45, 2.75) is 25.6 Å². The second-order valence-electron chi connectivity index (χ2n) is 4.04. The first-order chi connectivity index (χ1) is 8.00. The van der Waals surface area contributed by atoms with Gasteiger partial charge in [0.2, 0.25) is 15.9 Å². The van der Waals surface area contributed by atoms with Gasteiger partial charge < -0.3 is 4.74 Å². The summed E-state index contributed by atoms with van der Waals surface area (Å²) in [6, 6.07) is 1.71. The SMILES string of the molecule is CCN1Cc2cnc(OC)cc2C(C)S1(=O)=O. The number of rotatable bonds is 2. The lowest BCUT2D eigenvalue weighted by molar-refractivity contribution is 0.388. The largest absolute Gasteiger partial charge is 0.481 e. The molecule has 1 unspecified atom stereocenters. The number of aromatic nitrogens is 1. The number of fused-ring (bicyclic) bond motifs is 1. The van der Waals surface area contributed by atoms with E-state index in [1.807, 2.05) is 6.92 Å². The maximum absolute atomic E-state index is 12.2. The van der Waals surface area contributed by atoms with Gasteiger partial charge in [0.05, 0.1) is 12.4 Å². The molecule has 0 aliphatic carbocycles. The van der Waals surface area contributed by atoms with Gasteiger partial charge in [-0.05, 0) is 18.1 Å². The molecule has 94 valence electrons. The Morgan fingerprint density at radius 2 is 2.29 bits per heavy atom. The van der Waals surface area contributed by atoms with Gasteiger partial charge in [0, 0.05) is 25.4 Å². The summed E-state index contributed by atoms with van der Waals surface area (Å²) in [5.74, 6) is 0.454. The van der Waals surface area contributed by atoms with Gasteiger partial charge in [0.15, 0.2) is 0 Å². The van der Waals surface area contributed by atoms with E-state index < -0.39 is 15.3 Å². The van der Waals surface area contributed by atoms with Gasteiger partial charge in [0.25, 0.3) is 0 Å². The third-order valence-corrected chi connectivity index (χ3v) is 5.41. The van der Waals surface area contributed by atoms with Crippen LogP contribution in [0.3, 0.4) is 0 Å². The van der Waals surface area contributed by atoms with Crippen molar-refractivity contribution in [3.05, 3.63) is 23.4 Å². The normalized spacial score (nSPS) is 23.1. The Morgan fingerprint density at radius 3 is 2.88 bits per heavy atom. The summed E-state index contributed by atoms with van der Waals surface area (Å²) in [5, 5.41) is -0.539. The molecule has 0 bridgehead atoms. The molecule has 1 aliphatic rings. The van der Waals surface area contributed by atoms with Gasteiger partial charge in [-0.15, -0.1) is 0 Å². The van der Waals surface area contributed by atoms with Crippen molar-refractivity contribution in [1.82, 2.24) is 9.29 Å². The van der Waals surface area contributed by atoms with Crippen LogP contribution in [-0.4, -0.2) is 31.4 Å². The van der Waals surface area contributed by atoms with Crippen LogP contribution >= 0.6 is 0 Å². The lowest BCUT2D eigenvalue weighted by Crippen LogP contribution is -2.37. The van der Waals surface area contributed by atoms with Crippen LogP contribution < -0.4 is 4.74 Å². The maximum Gasteiger partial charge on any atom is 0.221 e. The van der Waals surface area contributed by atoms with Gasteiger partial charge >= 0.3 is 0 Å². The molecule has 1 aromatic heterocycles. The Kier molecular flexibility index (Phi) is 3.09. The molecule has 0 saturated heterocycles. The van der Waals surface area contributed by atoms with Gasteiger partial charge in [-0.25, -0.2) is 13.4 Å². The molecule has 1 aliphatic heterocycles. The minimum absolute atomic E-state index is 0.398. The van der Waals surface area contributed by atoms with Gasteiger partial charge in [0.1, 0.15) is 0 Å². The van der Waals surface area contributed by atoms with Crippen molar-refractivity contribution in [3.63, 3.8) is 0 Å². The predicted molar refractivity (Wildman–Crippen MR) is 64.2 cm³/mol. The van der Waals surface area contributed by atoms with Crippen molar-refractivity contribution < 1.29 is 13.2 Å². The molecule has 6 heteroatoms. The number of methoxy groups -OCH3 is 1. The highest BCUT2D eigenvalue weighted by atomic mass is 32.2. The molecule has 2 rings (SSSR count). The quantitative estimate of drug-likeness (QED) is 0.800. The van der Waals surface area contributed by atoms with E-state index in [2.05, 4.69) is 4.98 Å². The summed E-state index contributed by atoms with van der Waals surface area (Å²) in [6.45, 7) is 4.43. The van der Waals surface area contributed by atoms with E-state index in [1.165, 1.54) is 11.4 Å². The predicted octanol–water partition coefficient (Wildman–Crippen LogP) is 1.32. The van der Waals surface area contributed by atoms with Crippen LogP contribution in [0.4, 0.5) is 0 Å². The molecule has 0 amide bonds. The van der Waals surface area contributed by atoms with E-state index in [9.17, 15) is 8.42 Å². The molecule has 1 aromatic rings. The zero-order valence-corrected chi connectivity index (χ0v) is 11.0. The topological polar surface area (TPSA) is 59.5 Å². The van der Waals surface area contributed by atoms with Crippen LogP contribution in [-0.2, 0) is 16.6 Å². The van der Waals surface area contributed by atoms with E-state index in [-0.39, 0.29) is 0 Å². The summed E-state index contributed by atoms with van der Waals surface area (Å²) >= 11 is 0. The van der Waals surface area contributed by atoms with Crippen molar-refractivity contribution >= 4 is 10.0 Å². The first-order valence-corrected chi connectivity index (χ1v) is 7.02. The maximum atomic E-state index is 12.2. The fourth-order valence-electron chi connectivity index (χ4n) is 2.06. The molecule has 17 heavy (non-hydrogen) atoms. The minimum atomic E-state index is -3.24. The number of ether oxygens (including phenoxy) is 1. The van der Waals surface area contributed by atoms with Crippen LogP contribution in [0, 0.1) is 0 Å². The second-order valence-corrected chi connectivity index (χ2v) is 6.29. The number of sulfonamides is 1. The van der Waals surface area contributed by atoms with Crippen molar-refractivity contribution in [3.8, 4) is 5.88 Å². The van der Waals surface area contributed by atoms with Crippen LogP contribution in [0.25, 0.3) is 0 Å². The Morgan fingerprint density at radius 1 is 1.59 bits per heavy atom. The number of hydrogen-bond acceptors (Lipinski definition) is 4. The molecule has 2 heterocycles. The van der Waals surface area contributed by atoms with E-state index in [0.29, 0.717) is 19.0 Å². The van der Waals surface area contributed by atoms with E-state index in [0.717, 1.165) is 11.1 Å². The highest BCUT2D eigenvalue weighted by Gasteiger charge is 2.35. The van der Waals surface area contributed by atoms with Crippen molar-refractivity contribution in [1.29, 1.82) is 0 Å². The molecule has 5 nitrogen and oxygen atoms in total. The van der Waals surface area contributed by atoms with Crippen LogP contribution in [0.2, 0.25) is 0 Å². The van der Waals surface area contributed by atoms with Crippen molar-refractivity contribution in [2.75, 3.05) is 13.7 Å². The lowest BCUT2D eigenvalue weighted by Gasteiger charge is -2.31. The number of pyridine rings is 1. The smallest absolute Gasteiger partial charge is 0.221 e. The second kappa shape index (κ2) is 4.27. The van der Waals surface area contributed by atoms with Gasteiger partial charge in [-0.2, -0.15) is 4.31 Å². The van der Waals surface area contributed by atoms with Gasteiger partial charge in [-0.1, -0.05) is 6.92 Å². The molecular weight excluding hydrogens is 240 g/mol. The third kappa shape index (κ3) is 1.91. The summed E-state index contributed by atoms with van der Waals surface area (Å²) in [7, 11) is -1.72. The number of hydrogen-bond donors (Lipinski definition) is 0. The Hall–Kier alpha value is -1.14. The molecule has 0 aromatic carbocycles. The van der Waals surface area contributed by atoms with E-state index in [1.54, 1.807) is 19.2 Å². The van der Waals surface area contributed by atoms with E-state index in [4.69, 9.17) is 4.74 Å². The monoisotopic (exact) mass is 256 g/mol. The molecule has 0 N–H and O–H groups in total. The molecule has 1 atom stereocenters. The Bertz CT molecular complexity index is 528. The minimum Gasteiger partial charge on any atom is -0.481 e. The van der Waals surface area contributed by atoms with Crippen LogP contribution in [0.1, 0.15) is 30.2 Å². The number of nitrogens with zero attached hydrogens (tertiary/aromatic N) is 2. The molecule has 0 radical (unpaired) electrons. The third-order valence-electron chi connectivity index (χ3n) is 3.15. The standard InChI is InChI=1S/C11H16N2O3S/c1-4-13-7-9-6-12-11(16-3)5-10(9)8(2)17(13,14)15/h5-6,8H,4,7H2,1-3H3. The zero-order chi connectivity index (χ0) is 12.6. The van der Waals surface area contributed by atoms with Gasteiger partial charge in [-0.3, -0.25) is 0 Å². The summed E-state index contributed by atoms with van der Waals surface area (Å²) < 4.78 is 30.9. The zero-order valence-electron chi connectivity index (χ0n) is 10.2. The summed E-state index contributed by atoms with van der Waals surface area (Å²) in [6.07, 6.45) is 1.70. The van der Waals surface area contributed by atoms with Crippen molar-refractivity contribution in [2.24, 2.45) is 0 Å². The molecule has 0 fully saturated rings. The molecule has 0 saturated carbocycles. The molecule has 0 spiro atoms. The summed E-state index contributed by atoms with van der Waals surface area (Å²) in [5.41, 5.74) is 1.75. The Balaban J connectivity index is 2.54. The lowest BCUT2D eigenvalue weighted by atomic mass is 10.1. The summed E-state index contributed by atoms with van der Waals surface area (Å²) in [4.78, 5) is 4.12. The average Bonchev–Trinajstić information content (AvgIpc) is 2.33. The first-order valence-electron chi connectivity index (χ1n) is 5.52.